The van der Waals surface area contributed by atoms with Crippen molar-refractivity contribution in [1.82, 2.24) is 10.2 Å². The zero-order valence-electron chi connectivity index (χ0n) is 15.1. The van der Waals surface area contributed by atoms with Gasteiger partial charge in [0.15, 0.2) is 0 Å². The van der Waals surface area contributed by atoms with E-state index in [9.17, 15) is 14.9 Å². The quantitative estimate of drug-likeness (QED) is 0.650. The van der Waals surface area contributed by atoms with Gasteiger partial charge in [0, 0.05) is 31.2 Å². The number of aryl methyl sites for hydroxylation is 1. The number of amides is 1. The van der Waals surface area contributed by atoms with Gasteiger partial charge in [-0.1, -0.05) is 13.8 Å². The maximum atomic E-state index is 12.3. The second-order valence-corrected chi connectivity index (χ2v) is 8.91. The third-order valence-corrected chi connectivity index (χ3v) is 5.76. The number of likely N-dealkylation sites (tertiary alicyclic amines) is 1. The number of nitro groups is 1. The summed E-state index contributed by atoms with van der Waals surface area (Å²) < 4.78 is 0. The molecule has 1 aromatic heterocycles. The van der Waals surface area contributed by atoms with E-state index >= 15 is 0 Å². The Labute approximate surface area is 147 Å². The number of hydrogen-bond acceptors (Lipinski definition) is 5. The van der Waals surface area contributed by atoms with Crippen molar-refractivity contribution in [2.75, 3.05) is 19.6 Å². The lowest BCUT2D eigenvalue weighted by atomic mass is 9.88. The molecule has 1 saturated heterocycles. The summed E-state index contributed by atoms with van der Waals surface area (Å²) in [7, 11) is 0. The van der Waals surface area contributed by atoms with Gasteiger partial charge < -0.3 is 5.32 Å². The number of nitrogens with zero attached hydrogens (tertiary/aromatic N) is 2. The SMILES string of the molecule is Cc1sc(C(=O)NCC(C)(C)N2CC(C)CC(C)C2)cc1[N+](=O)[O-]. The van der Waals surface area contributed by atoms with Crippen LogP contribution in [0.5, 0.6) is 0 Å². The highest BCUT2D eigenvalue weighted by atomic mass is 32.1. The lowest BCUT2D eigenvalue weighted by Crippen LogP contribution is -2.56. The van der Waals surface area contributed by atoms with Crippen molar-refractivity contribution in [3.8, 4) is 0 Å². The topological polar surface area (TPSA) is 75.5 Å². The molecule has 1 aromatic rings. The van der Waals surface area contributed by atoms with Gasteiger partial charge in [0.05, 0.1) is 14.7 Å². The number of carbonyl (C=O) groups is 1. The van der Waals surface area contributed by atoms with Crippen LogP contribution in [0.2, 0.25) is 0 Å². The summed E-state index contributed by atoms with van der Waals surface area (Å²) in [5.74, 6) is 1.08. The Hall–Kier alpha value is -1.47. The van der Waals surface area contributed by atoms with Crippen LogP contribution in [-0.2, 0) is 0 Å². The van der Waals surface area contributed by atoms with Gasteiger partial charge >= 0.3 is 0 Å². The summed E-state index contributed by atoms with van der Waals surface area (Å²) in [6.45, 7) is 13.1. The van der Waals surface area contributed by atoms with E-state index in [4.69, 9.17) is 0 Å². The van der Waals surface area contributed by atoms with Gasteiger partial charge in [0.2, 0.25) is 0 Å². The molecule has 6 nitrogen and oxygen atoms in total. The van der Waals surface area contributed by atoms with Crippen LogP contribution < -0.4 is 5.32 Å². The first kappa shape index (κ1) is 18.9. The first-order valence-corrected chi connectivity index (χ1v) is 9.20. The van der Waals surface area contributed by atoms with Crippen LogP contribution in [0.1, 0.15) is 48.7 Å². The second kappa shape index (κ2) is 7.19. The van der Waals surface area contributed by atoms with Crippen molar-refractivity contribution in [1.29, 1.82) is 0 Å². The van der Waals surface area contributed by atoms with Crippen LogP contribution in [0.3, 0.4) is 0 Å². The smallest absolute Gasteiger partial charge is 0.283 e. The van der Waals surface area contributed by atoms with Gasteiger partial charge in [0.1, 0.15) is 0 Å². The van der Waals surface area contributed by atoms with Crippen LogP contribution in [0, 0.1) is 28.9 Å². The zero-order chi connectivity index (χ0) is 18.1. The average Bonchev–Trinajstić information content (AvgIpc) is 2.86. The number of carbonyl (C=O) groups excluding carboxylic acids is 1. The predicted octanol–water partition coefficient (Wildman–Crippen LogP) is 3.45. The highest BCUT2D eigenvalue weighted by Crippen LogP contribution is 2.29. The zero-order valence-corrected chi connectivity index (χ0v) is 15.9. The molecule has 1 amide bonds. The highest BCUT2D eigenvalue weighted by Gasteiger charge is 2.33. The van der Waals surface area contributed by atoms with Crippen LogP contribution in [0.25, 0.3) is 0 Å². The molecule has 1 aliphatic heterocycles. The van der Waals surface area contributed by atoms with Gasteiger partial charge in [-0.2, -0.15) is 0 Å². The maximum absolute atomic E-state index is 12.3. The summed E-state index contributed by atoms with van der Waals surface area (Å²) >= 11 is 1.17. The number of nitrogens with one attached hydrogen (secondary N) is 1. The van der Waals surface area contributed by atoms with E-state index in [1.165, 1.54) is 23.8 Å². The first-order valence-electron chi connectivity index (χ1n) is 8.38. The molecular formula is C17H27N3O3S. The fourth-order valence-corrected chi connectivity index (χ4v) is 4.32. The highest BCUT2D eigenvalue weighted by molar-refractivity contribution is 7.14. The van der Waals surface area contributed by atoms with Crippen LogP contribution in [0.4, 0.5) is 5.69 Å². The van der Waals surface area contributed by atoms with Gasteiger partial charge in [0.25, 0.3) is 11.6 Å². The Kier molecular flexibility index (Phi) is 5.65. The van der Waals surface area contributed by atoms with E-state index in [0.29, 0.717) is 28.1 Å². The fraction of sp³-hybridized carbons (Fsp3) is 0.706. The molecule has 1 N–H and O–H groups in total. The fourth-order valence-electron chi connectivity index (χ4n) is 3.42. The molecule has 0 radical (unpaired) electrons. The number of rotatable bonds is 5. The molecule has 2 heterocycles. The number of piperidine rings is 1. The standard InChI is InChI=1S/C17H27N3O3S/c1-11-6-12(2)9-19(8-11)17(4,5)10-18-16(21)15-7-14(20(22)23)13(3)24-15/h7,11-12H,6,8-10H2,1-5H3,(H,18,21). The minimum Gasteiger partial charge on any atom is -0.349 e. The Bertz CT molecular complexity index is 617. The summed E-state index contributed by atoms with van der Waals surface area (Å²) in [5, 5.41) is 13.9. The lowest BCUT2D eigenvalue weighted by Gasteiger charge is -2.45. The molecule has 2 unspecified atom stereocenters. The molecule has 1 fully saturated rings. The Balaban J connectivity index is 1.99. The molecule has 0 bridgehead atoms. The number of hydrogen-bond donors (Lipinski definition) is 1. The number of thiophene rings is 1. The molecule has 24 heavy (non-hydrogen) atoms. The Morgan fingerprint density at radius 2 is 2.00 bits per heavy atom. The molecule has 7 heteroatoms. The van der Waals surface area contributed by atoms with Crippen molar-refractivity contribution in [3.05, 3.63) is 25.9 Å². The first-order chi connectivity index (χ1) is 11.1. The van der Waals surface area contributed by atoms with Crippen molar-refractivity contribution in [3.63, 3.8) is 0 Å². The lowest BCUT2D eigenvalue weighted by molar-refractivity contribution is -0.385. The van der Waals surface area contributed by atoms with Gasteiger partial charge in [-0.25, -0.2) is 0 Å². The monoisotopic (exact) mass is 353 g/mol. The minimum absolute atomic E-state index is 0.0168. The van der Waals surface area contributed by atoms with E-state index in [-0.39, 0.29) is 17.1 Å². The van der Waals surface area contributed by atoms with E-state index in [1.807, 2.05) is 0 Å². The van der Waals surface area contributed by atoms with E-state index in [2.05, 4.69) is 37.9 Å². The summed E-state index contributed by atoms with van der Waals surface area (Å²) in [6, 6.07) is 1.37. The third-order valence-electron chi connectivity index (χ3n) is 4.72. The molecular weight excluding hydrogens is 326 g/mol. The van der Waals surface area contributed by atoms with E-state index < -0.39 is 4.92 Å². The summed E-state index contributed by atoms with van der Waals surface area (Å²) in [5.41, 5.74) is -0.125. The van der Waals surface area contributed by atoms with Crippen LogP contribution >= 0.6 is 11.3 Å². The normalized spacial score (nSPS) is 22.4. The Morgan fingerprint density at radius 1 is 1.42 bits per heavy atom. The van der Waals surface area contributed by atoms with E-state index in [1.54, 1.807) is 6.92 Å². The van der Waals surface area contributed by atoms with Crippen molar-refractivity contribution >= 4 is 22.9 Å². The van der Waals surface area contributed by atoms with Crippen molar-refractivity contribution in [2.45, 2.75) is 46.6 Å². The molecule has 0 aromatic carbocycles. The molecule has 2 rings (SSSR count). The third kappa shape index (κ3) is 4.33. The summed E-state index contributed by atoms with van der Waals surface area (Å²) in [6.07, 6.45) is 1.25. The van der Waals surface area contributed by atoms with Gasteiger partial charge in [-0.05, 0) is 39.0 Å². The van der Waals surface area contributed by atoms with Crippen LogP contribution in [0.15, 0.2) is 6.07 Å². The van der Waals surface area contributed by atoms with Gasteiger partial charge in [-0.3, -0.25) is 19.8 Å². The largest absolute Gasteiger partial charge is 0.349 e. The van der Waals surface area contributed by atoms with Crippen LogP contribution in [-0.4, -0.2) is 40.9 Å². The molecule has 0 spiro atoms. The Morgan fingerprint density at radius 3 is 2.50 bits per heavy atom. The molecule has 0 saturated carbocycles. The average molecular weight is 353 g/mol. The molecule has 2 atom stereocenters. The molecule has 0 aliphatic carbocycles. The summed E-state index contributed by atoms with van der Waals surface area (Å²) in [4.78, 5) is 26.2. The minimum atomic E-state index is -0.441. The molecule has 1 aliphatic rings. The van der Waals surface area contributed by atoms with Gasteiger partial charge in [-0.15, -0.1) is 11.3 Å². The van der Waals surface area contributed by atoms with Crippen molar-refractivity contribution in [2.24, 2.45) is 11.8 Å². The second-order valence-electron chi connectivity index (χ2n) is 7.66. The predicted molar refractivity (Wildman–Crippen MR) is 96.6 cm³/mol. The van der Waals surface area contributed by atoms with Crippen molar-refractivity contribution < 1.29 is 9.72 Å². The molecule has 134 valence electrons. The van der Waals surface area contributed by atoms with E-state index in [0.717, 1.165) is 13.1 Å². The maximum Gasteiger partial charge on any atom is 0.283 e.